The molecule has 0 saturated carbocycles. The molecule has 1 unspecified atom stereocenters. The molecule has 1 N–H and O–H groups in total. The van der Waals surface area contributed by atoms with Gasteiger partial charge in [-0.15, -0.1) is 0 Å². The van der Waals surface area contributed by atoms with Gasteiger partial charge in [0.25, 0.3) is 0 Å². The topological polar surface area (TPSA) is 66.4 Å². The number of nitrogens with one attached hydrogen (secondary N) is 1. The third-order valence-electron chi connectivity index (χ3n) is 8.05. The minimum atomic E-state index is -4.59. The number of rotatable bonds is 7. The number of alkyl halides is 3. The molecule has 3 aliphatic rings. The summed E-state index contributed by atoms with van der Waals surface area (Å²) in [5, 5.41) is 9.46. The number of hydrogen-bond donors (Lipinski definition) is 1. The zero-order valence-electron chi connectivity index (χ0n) is 24.7. The van der Waals surface area contributed by atoms with Crippen LogP contribution in [0.1, 0.15) is 64.0 Å². The largest absolute Gasteiger partial charge is 0.497 e. The third-order valence-corrected chi connectivity index (χ3v) is 8.05. The smallest absolute Gasteiger partial charge is 0.418 e. The number of ether oxygens (including phenoxy) is 2. The number of methoxy groups -OCH3 is 2. The standard InChI is InChI=1S/C32H37F3N4O3/c1-6-29(40)36-21-12-13-38(18-21)22-10-11-27(32(33,34)35)28(16-22)39-31(19(2)3)26-9-7-8-25(26)30(37-39)20-14-23(41-4)17-24(15-20)42-5/h10-11,14-17,21H,6-9,12-13,18H2,1-5H3,(H,36,40). The first-order valence-electron chi connectivity index (χ1n) is 14.3. The quantitative estimate of drug-likeness (QED) is 0.388. The van der Waals surface area contributed by atoms with Crippen molar-refractivity contribution in [2.45, 2.75) is 65.1 Å². The molecule has 2 aliphatic heterocycles. The lowest BCUT2D eigenvalue weighted by Gasteiger charge is -2.33. The third kappa shape index (κ3) is 5.71. The second-order valence-electron chi connectivity index (χ2n) is 11.1. The molecule has 224 valence electrons. The number of halogens is 3. The van der Waals surface area contributed by atoms with Gasteiger partial charge in [-0.25, -0.2) is 5.01 Å². The average molecular weight is 583 g/mol. The zero-order valence-corrected chi connectivity index (χ0v) is 24.7. The Hall–Kier alpha value is -3.95. The number of hydrazone groups is 1. The van der Waals surface area contributed by atoms with Crippen molar-refractivity contribution in [1.82, 2.24) is 5.32 Å². The van der Waals surface area contributed by atoms with E-state index >= 15 is 0 Å². The van der Waals surface area contributed by atoms with Crippen molar-refractivity contribution in [3.63, 3.8) is 0 Å². The van der Waals surface area contributed by atoms with E-state index in [-0.39, 0.29) is 17.6 Å². The molecule has 1 amide bonds. The number of hydrogen-bond acceptors (Lipinski definition) is 6. The summed E-state index contributed by atoms with van der Waals surface area (Å²) in [6.07, 6.45) is -1.07. The maximum atomic E-state index is 14.6. The second-order valence-corrected chi connectivity index (χ2v) is 11.1. The molecule has 0 radical (unpaired) electrons. The van der Waals surface area contributed by atoms with Crippen LogP contribution in [0.3, 0.4) is 0 Å². The predicted octanol–water partition coefficient (Wildman–Crippen LogP) is 6.83. The summed E-state index contributed by atoms with van der Waals surface area (Å²) in [7, 11) is 3.12. The zero-order chi connectivity index (χ0) is 30.2. The Kier molecular flexibility index (Phi) is 8.25. The van der Waals surface area contributed by atoms with Crippen molar-refractivity contribution in [3.8, 4) is 11.5 Å². The van der Waals surface area contributed by atoms with E-state index in [1.807, 2.05) is 30.9 Å². The molecule has 7 nitrogen and oxygen atoms in total. The molecule has 1 saturated heterocycles. The molecule has 0 aromatic heterocycles. The Balaban J connectivity index is 1.65. The predicted molar refractivity (Wildman–Crippen MR) is 158 cm³/mol. The molecule has 1 fully saturated rings. The summed E-state index contributed by atoms with van der Waals surface area (Å²) in [6.45, 7) is 6.78. The van der Waals surface area contributed by atoms with Crippen molar-refractivity contribution >= 4 is 23.0 Å². The van der Waals surface area contributed by atoms with Gasteiger partial charge < -0.3 is 19.7 Å². The van der Waals surface area contributed by atoms with E-state index in [2.05, 4.69) is 5.32 Å². The van der Waals surface area contributed by atoms with Gasteiger partial charge in [0.15, 0.2) is 0 Å². The number of allylic oxidation sites excluding steroid dienone is 3. The maximum absolute atomic E-state index is 14.6. The molecule has 2 heterocycles. The fourth-order valence-electron chi connectivity index (χ4n) is 6.04. The summed E-state index contributed by atoms with van der Waals surface area (Å²) in [4.78, 5) is 14.0. The Morgan fingerprint density at radius 1 is 1.05 bits per heavy atom. The van der Waals surface area contributed by atoms with E-state index in [4.69, 9.17) is 14.6 Å². The molecule has 1 aliphatic carbocycles. The highest BCUT2D eigenvalue weighted by atomic mass is 19.4. The van der Waals surface area contributed by atoms with Gasteiger partial charge in [-0.1, -0.05) is 12.5 Å². The van der Waals surface area contributed by atoms with Crippen LogP contribution in [0.15, 0.2) is 63.9 Å². The van der Waals surface area contributed by atoms with E-state index in [1.165, 1.54) is 11.1 Å². The Bertz CT molecular complexity index is 1450. The van der Waals surface area contributed by atoms with Crippen LogP contribution in [-0.2, 0) is 11.0 Å². The maximum Gasteiger partial charge on any atom is 0.418 e. The number of anilines is 2. The summed E-state index contributed by atoms with van der Waals surface area (Å²) < 4.78 is 54.7. The lowest BCUT2D eigenvalue weighted by Crippen LogP contribution is -2.36. The van der Waals surface area contributed by atoms with Crippen LogP contribution in [0, 0.1) is 0 Å². The van der Waals surface area contributed by atoms with Gasteiger partial charge in [0.2, 0.25) is 5.91 Å². The number of benzene rings is 2. The lowest BCUT2D eigenvalue weighted by atomic mass is 9.94. The van der Waals surface area contributed by atoms with E-state index in [0.29, 0.717) is 48.1 Å². The molecule has 2 aromatic carbocycles. The molecule has 10 heteroatoms. The van der Waals surface area contributed by atoms with Crippen LogP contribution >= 0.6 is 0 Å². The van der Waals surface area contributed by atoms with Gasteiger partial charge in [-0.3, -0.25) is 4.79 Å². The van der Waals surface area contributed by atoms with E-state index in [1.54, 1.807) is 33.3 Å². The molecular weight excluding hydrogens is 545 g/mol. The fourth-order valence-corrected chi connectivity index (χ4v) is 6.04. The first kappa shape index (κ1) is 29.5. The van der Waals surface area contributed by atoms with Gasteiger partial charge >= 0.3 is 6.18 Å². The monoisotopic (exact) mass is 582 g/mol. The van der Waals surface area contributed by atoms with Crippen molar-refractivity contribution < 1.29 is 27.4 Å². The molecule has 2 aromatic rings. The Morgan fingerprint density at radius 3 is 2.36 bits per heavy atom. The van der Waals surface area contributed by atoms with Gasteiger partial charge in [0.05, 0.1) is 36.9 Å². The number of nitrogens with zero attached hydrogens (tertiary/aromatic N) is 3. The van der Waals surface area contributed by atoms with Crippen LogP contribution in [-0.4, -0.2) is 45.0 Å². The Morgan fingerprint density at radius 2 is 1.74 bits per heavy atom. The van der Waals surface area contributed by atoms with E-state index in [9.17, 15) is 18.0 Å². The number of amides is 1. The van der Waals surface area contributed by atoms with Crippen LogP contribution in [0.4, 0.5) is 24.5 Å². The molecule has 0 bridgehead atoms. The van der Waals surface area contributed by atoms with E-state index in [0.717, 1.165) is 54.0 Å². The molecule has 5 rings (SSSR count). The second kappa shape index (κ2) is 11.7. The van der Waals surface area contributed by atoms with Crippen molar-refractivity contribution in [2.75, 3.05) is 37.2 Å². The SMILES string of the molecule is CCC(=O)NC1CCN(c2ccc(C(F)(F)F)c(N3N=C(c4cc(OC)cc(OC)c4)C4=C(CCC4)C3=C(C)C)c2)C1. The number of carbonyl (C=O) groups excluding carboxylic acids is 1. The first-order valence-corrected chi connectivity index (χ1v) is 14.3. The molecular formula is C32H37F3N4O3. The molecule has 42 heavy (non-hydrogen) atoms. The number of carbonyl (C=O) groups is 1. The highest BCUT2D eigenvalue weighted by Gasteiger charge is 2.39. The Labute approximate surface area is 244 Å². The van der Waals surface area contributed by atoms with Crippen molar-refractivity contribution in [1.29, 1.82) is 0 Å². The van der Waals surface area contributed by atoms with Gasteiger partial charge in [0.1, 0.15) is 11.5 Å². The normalized spacial score (nSPS) is 18.7. The summed E-state index contributed by atoms with van der Waals surface area (Å²) in [6, 6.07) is 9.63. The highest BCUT2D eigenvalue weighted by Crippen LogP contribution is 2.47. The highest BCUT2D eigenvalue weighted by molar-refractivity contribution is 6.15. The fraction of sp³-hybridized carbons (Fsp3) is 0.438. The minimum absolute atomic E-state index is 0.0249. The van der Waals surface area contributed by atoms with Crippen LogP contribution in [0.5, 0.6) is 11.5 Å². The van der Waals surface area contributed by atoms with E-state index < -0.39 is 11.7 Å². The van der Waals surface area contributed by atoms with Gasteiger partial charge in [0, 0.05) is 42.9 Å². The lowest BCUT2D eigenvalue weighted by molar-refractivity contribution is -0.137. The summed E-state index contributed by atoms with van der Waals surface area (Å²) in [5.74, 6) is 1.11. The van der Waals surface area contributed by atoms with Gasteiger partial charge in [-0.05, 0) is 81.0 Å². The summed E-state index contributed by atoms with van der Waals surface area (Å²) in [5.41, 5.74) is 4.86. The van der Waals surface area contributed by atoms with Crippen molar-refractivity contribution in [2.24, 2.45) is 5.10 Å². The first-order chi connectivity index (χ1) is 20.0. The minimum Gasteiger partial charge on any atom is -0.497 e. The van der Waals surface area contributed by atoms with Crippen LogP contribution in [0.2, 0.25) is 0 Å². The average Bonchev–Trinajstić information content (AvgIpc) is 3.65. The summed E-state index contributed by atoms with van der Waals surface area (Å²) >= 11 is 0. The van der Waals surface area contributed by atoms with Crippen LogP contribution < -0.4 is 24.7 Å². The van der Waals surface area contributed by atoms with Gasteiger partial charge in [-0.2, -0.15) is 18.3 Å². The molecule has 0 spiro atoms. The van der Waals surface area contributed by atoms with Crippen molar-refractivity contribution in [3.05, 3.63) is 69.9 Å². The molecule has 1 atom stereocenters. The van der Waals surface area contributed by atoms with Crippen LogP contribution in [0.25, 0.3) is 0 Å².